The molecular formula is C16H32Os. The fourth-order valence-corrected chi connectivity index (χ4v) is 65.4. The zero-order chi connectivity index (χ0) is 13.4. The monoisotopic (exact) mass is 416 g/mol. The summed E-state index contributed by atoms with van der Waals surface area (Å²) in [6.45, 7) is 0. The minimum absolute atomic E-state index is 1.49. The van der Waals surface area contributed by atoms with Crippen molar-refractivity contribution in [3.63, 3.8) is 0 Å². The smallest absolute Gasteiger partial charge is 0.0623 e. The largest absolute Gasteiger partial charge is 0.0623 e. The Morgan fingerprint density at radius 2 is 0.647 bits per heavy atom. The van der Waals surface area contributed by atoms with Crippen LogP contribution in [-0.4, -0.2) is 0 Å². The maximum Gasteiger partial charge on any atom is -0.0623 e. The van der Waals surface area contributed by atoms with E-state index in [9.17, 15) is 0 Å². The molecule has 0 atom stereocenters. The van der Waals surface area contributed by atoms with E-state index in [0.717, 1.165) is 0 Å². The quantitative estimate of drug-likeness (QED) is 0.427. The van der Waals surface area contributed by atoms with Gasteiger partial charge in [0.25, 0.3) is 0 Å². The number of hydrogen-bond donors (Lipinski definition) is 0. The minimum atomic E-state index is -3.84. The number of benzene rings is 1. The third-order valence-corrected chi connectivity index (χ3v) is 46.5. The van der Waals surface area contributed by atoms with Crippen LogP contribution in [0.25, 0.3) is 0 Å². The fourth-order valence-electron chi connectivity index (χ4n) is 1.67. The molecule has 2 heterocycles. The van der Waals surface area contributed by atoms with Crippen LogP contribution < -0.4 is 0 Å². The van der Waals surface area contributed by atoms with Crippen LogP contribution >= 0.6 is 0 Å². The molecule has 2 fully saturated rings. The number of hydrogen-bond acceptors (Lipinski definition) is 0. The van der Waals surface area contributed by atoms with E-state index < -0.39 is 7.88 Å². The van der Waals surface area contributed by atoms with Crippen LogP contribution in [0, 0.1) is 0 Å². The predicted molar refractivity (Wildman–Crippen MR) is 80.9 cm³/mol. The molecule has 0 radical (unpaired) electrons. The molecule has 104 valence electrons. The van der Waals surface area contributed by atoms with Crippen molar-refractivity contribution in [2.75, 3.05) is 0 Å². The molecule has 17 heavy (non-hydrogen) atoms. The van der Waals surface area contributed by atoms with Crippen molar-refractivity contribution in [2.45, 2.75) is 52.8 Å². The molecule has 0 aliphatic carbocycles. The molecule has 0 bridgehead atoms. The van der Waals surface area contributed by atoms with Crippen molar-refractivity contribution in [3.05, 3.63) is 36.4 Å². The number of rotatable bonds is 0. The van der Waals surface area contributed by atoms with Gasteiger partial charge in [0.05, 0.1) is 0 Å². The van der Waals surface area contributed by atoms with E-state index in [1.165, 1.54) is 19.9 Å². The second-order valence-corrected chi connectivity index (χ2v) is 108. The molecule has 2 aliphatic rings. The Kier molecular flexibility index (Phi) is 0.909. The van der Waals surface area contributed by atoms with Crippen molar-refractivity contribution < 1.29 is 7.88 Å². The summed E-state index contributed by atoms with van der Waals surface area (Å²) in [7, 11) is -3.84. The van der Waals surface area contributed by atoms with Crippen molar-refractivity contribution in [2.24, 2.45) is 0 Å². The fraction of sp³-hybridized carbons (Fsp3) is 0.625. The van der Waals surface area contributed by atoms with Gasteiger partial charge >= 0.3 is 60.7 Å². The SMILES string of the molecule is [CH3][Os]12([CH3])([CH3])([CH3])([CH3])([CH3])([CH2][CH2]1)[CH2][CH2]2.c1ccccc1. The minimum Gasteiger partial charge on any atom is -0.0623 e. The molecule has 0 nitrogen and oxygen atoms in total. The first kappa shape index (κ1) is 13.3. The van der Waals surface area contributed by atoms with E-state index in [0.29, 0.717) is 0 Å². The van der Waals surface area contributed by atoms with Gasteiger partial charge in [-0.05, 0) is 0 Å². The van der Waals surface area contributed by atoms with Gasteiger partial charge in [0.2, 0.25) is 0 Å². The summed E-state index contributed by atoms with van der Waals surface area (Å²) in [5.41, 5.74) is 16.0. The van der Waals surface area contributed by atoms with Crippen LogP contribution in [0.5, 0.6) is 0 Å². The summed E-state index contributed by atoms with van der Waals surface area (Å²) in [5.74, 6) is 0. The Balaban J connectivity index is 0.000000153. The predicted octanol–water partition coefficient (Wildman–Crippen LogP) is 7.03. The van der Waals surface area contributed by atoms with Gasteiger partial charge < -0.3 is 0 Å². The molecule has 2 saturated heterocycles. The van der Waals surface area contributed by atoms with Gasteiger partial charge in [0.1, 0.15) is 0 Å². The topological polar surface area (TPSA) is 0 Å². The van der Waals surface area contributed by atoms with Crippen LogP contribution in [-0.2, 0) is 7.88 Å². The first-order valence-electron chi connectivity index (χ1n) is 6.12. The Labute approximate surface area is 96.9 Å². The van der Waals surface area contributed by atoms with Crippen molar-refractivity contribution in [1.29, 1.82) is 0 Å². The van der Waals surface area contributed by atoms with Crippen LogP contribution in [0.2, 0.25) is 52.8 Å². The first-order valence-corrected chi connectivity index (χ1v) is 28.5. The molecule has 1 aromatic carbocycles. The summed E-state index contributed by atoms with van der Waals surface area (Å²) in [5, 5.41) is 0. The molecule has 1 spiro atoms. The maximum atomic E-state index is 2.68. The Hall–Kier alpha value is -0.144. The van der Waals surface area contributed by atoms with E-state index in [1.54, 1.807) is 0 Å². The average Bonchev–Trinajstić information content (AvgIpc) is 2.83. The Morgan fingerprint density at radius 1 is 0.471 bits per heavy atom. The summed E-state index contributed by atoms with van der Waals surface area (Å²) in [6, 6.07) is 12.0. The van der Waals surface area contributed by atoms with Gasteiger partial charge in [0, 0.05) is 0 Å². The molecule has 0 aromatic heterocycles. The van der Waals surface area contributed by atoms with E-state index in [1.807, 2.05) is 36.4 Å². The molecular weight excluding hydrogens is 382 g/mol. The summed E-state index contributed by atoms with van der Waals surface area (Å²) >= 11 is 0. The van der Waals surface area contributed by atoms with Gasteiger partial charge in [0.15, 0.2) is 0 Å². The van der Waals surface area contributed by atoms with E-state index in [-0.39, 0.29) is 0 Å². The third-order valence-electron chi connectivity index (χ3n) is 6.26. The van der Waals surface area contributed by atoms with Gasteiger partial charge in [-0.15, -0.1) is 0 Å². The van der Waals surface area contributed by atoms with Gasteiger partial charge in [-0.1, -0.05) is 36.4 Å². The van der Waals surface area contributed by atoms with Crippen molar-refractivity contribution >= 4 is 0 Å². The van der Waals surface area contributed by atoms with Crippen LogP contribution in [0.15, 0.2) is 36.4 Å². The second-order valence-electron chi connectivity index (χ2n) is 14.2. The van der Waals surface area contributed by atoms with Crippen LogP contribution in [0.1, 0.15) is 0 Å². The van der Waals surface area contributed by atoms with Gasteiger partial charge in [-0.2, -0.15) is 0 Å². The zero-order valence-corrected chi connectivity index (χ0v) is 15.2. The summed E-state index contributed by atoms with van der Waals surface area (Å²) < 4.78 is 0. The Bertz CT molecular complexity index is 539. The maximum absolute atomic E-state index is 3.84. The van der Waals surface area contributed by atoms with E-state index in [4.69, 9.17) is 0 Å². The normalized spacial score (nSPS) is 56.6. The van der Waals surface area contributed by atoms with Crippen LogP contribution in [0.4, 0.5) is 0 Å². The van der Waals surface area contributed by atoms with E-state index >= 15 is 0 Å². The molecule has 0 unspecified atom stereocenters. The van der Waals surface area contributed by atoms with Crippen molar-refractivity contribution in [3.8, 4) is 0 Å². The molecule has 1 aromatic rings. The summed E-state index contributed by atoms with van der Waals surface area (Å²) in [4.78, 5) is 5.98. The van der Waals surface area contributed by atoms with Crippen LogP contribution in [0.3, 0.4) is 0 Å². The van der Waals surface area contributed by atoms with Crippen molar-refractivity contribution in [1.82, 2.24) is 0 Å². The van der Waals surface area contributed by atoms with E-state index in [2.05, 4.69) is 32.9 Å². The van der Waals surface area contributed by atoms with Gasteiger partial charge in [-0.3, -0.25) is 0 Å². The third kappa shape index (κ3) is 1.92. The molecule has 0 saturated carbocycles. The molecule has 0 amide bonds. The standard InChI is InChI=1S/C6H6.2C2H4.6CH3.Os/c1-2-4-6-5-3-1;2*1-2;;;;;;;/h1-6H;2*1-2H2;6*1H3;. The molecule has 3 rings (SSSR count). The Morgan fingerprint density at radius 3 is 0.706 bits per heavy atom. The van der Waals surface area contributed by atoms with Gasteiger partial charge in [-0.25, -0.2) is 0 Å². The zero-order valence-electron chi connectivity index (χ0n) is 12.6. The average molecular weight is 415 g/mol. The molecule has 0 N–H and O–H groups in total. The first-order chi connectivity index (χ1) is 6.79. The molecule has 1 heteroatoms. The second kappa shape index (κ2) is 1.16. The summed E-state index contributed by atoms with van der Waals surface area (Å²) in [6.07, 6.45) is 0. The molecule has 2 aliphatic heterocycles.